The molecule has 1 aromatic carbocycles. The van der Waals surface area contributed by atoms with Crippen molar-refractivity contribution in [3.8, 4) is 0 Å². The van der Waals surface area contributed by atoms with Gasteiger partial charge in [0.05, 0.1) is 0 Å². The van der Waals surface area contributed by atoms with Gasteiger partial charge >= 0.3 is 6.18 Å². The minimum Gasteiger partial charge on any atom is -0.409 e. The Kier molecular flexibility index (Phi) is 6.57. The summed E-state index contributed by atoms with van der Waals surface area (Å²) in [6.07, 6.45) is -4.15. The van der Waals surface area contributed by atoms with Crippen LogP contribution in [-0.4, -0.2) is 30.3 Å². The summed E-state index contributed by atoms with van der Waals surface area (Å²) in [5.74, 6) is -2.91. The molecule has 0 aliphatic carbocycles. The lowest BCUT2D eigenvalue weighted by molar-refractivity contribution is -0.154. The first-order chi connectivity index (χ1) is 9.75. The second-order valence-corrected chi connectivity index (χ2v) is 5.15. The van der Waals surface area contributed by atoms with Gasteiger partial charge in [0.25, 0.3) is 0 Å². The zero-order valence-electron chi connectivity index (χ0n) is 10.8. The number of oxime groups is 1. The molecule has 0 aliphatic rings. The van der Waals surface area contributed by atoms with E-state index in [1.165, 1.54) is 0 Å². The molecule has 4 N–H and O–H groups in total. The zero-order chi connectivity index (χ0) is 16.0. The fourth-order valence-electron chi connectivity index (χ4n) is 1.65. The molecule has 1 rings (SSSR count). The summed E-state index contributed by atoms with van der Waals surface area (Å²) in [5, 5.41) is 14.3. The van der Waals surface area contributed by atoms with E-state index in [0.717, 1.165) is 5.56 Å². The average molecular weight is 344 g/mol. The molecule has 21 heavy (non-hydrogen) atoms. The number of hydrogen-bond donors (Lipinski definition) is 3. The Bertz CT molecular complexity index is 509. The number of amidine groups is 1. The SMILES string of the molecule is N/C(=N/O)C(CNCCc1ccc(Cl)cc1Cl)C(F)(F)F. The van der Waals surface area contributed by atoms with Crippen molar-refractivity contribution in [2.45, 2.75) is 12.6 Å². The van der Waals surface area contributed by atoms with Crippen LogP contribution in [0.25, 0.3) is 0 Å². The predicted molar refractivity (Wildman–Crippen MR) is 76.0 cm³/mol. The lowest BCUT2D eigenvalue weighted by Gasteiger charge is -2.19. The molecule has 1 unspecified atom stereocenters. The first-order valence-electron chi connectivity index (χ1n) is 5.94. The molecular weight excluding hydrogens is 330 g/mol. The van der Waals surface area contributed by atoms with Gasteiger partial charge in [0.2, 0.25) is 0 Å². The predicted octanol–water partition coefficient (Wildman–Crippen LogP) is 3.05. The van der Waals surface area contributed by atoms with E-state index in [1.54, 1.807) is 18.2 Å². The molecule has 0 aliphatic heterocycles. The van der Waals surface area contributed by atoms with E-state index < -0.39 is 24.5 Å². The van der Waals surface area contributed by atoms with E-state index in [0.29, 0.717) is 16.5 Å². The maximum atomic E-state index is 12.7. The molecule has 0 radical (unpaired) electrons. The van der Waals surface area contributed by atoms with Crippen LogP contribution >= 0.6 is 23.2 Å². The van der Waals surface area contributed by atoms with E-state index in [1.807, 2.05) is 0 Å². The van der Waals surface area contributed by atoms with E-state index in [9.17, 15) is 13.2 Å². The summed E-state index contributed by atoms with van der Waals surface area (Å²) in [5.41, 5.74) is 5.81. The number of benzene rings is 1. The second kappa shape index (κ2) is 7.72. The van der Waals surface area contributed by atoms with Crippen molar-refractivity contribution in [3.05, 3.63) is 33.8 Å². The molecule has 0 heterocycles. The second-order valence-electron chi connectivity index (χ2n) is 4.31. The molecule has 118 valence electrons. The highest BCUT2D eigenvalue weighted by Gasteiger charge is 2.42. The normalized spacial score (nSPS) is 14.2. The fraction of sp³-hybridized carbons (Fsp3) is 0.417. The first-order valence-corrected chi connectivity index (χ1v) is 6.70. The first kappa shape index (κ1) is 17.9. The molecule has 0 amide bonds. The van der Waals surface area contributed by atoms with Crippen LogP contribution in [0.5, 0.6) is 0 Å². The summed E-state index contributed by atoms with van der Waals surface area (Å²) < 4.78 is 38.0. The summed E-state index contributed by atoms with van der Waals surface area (Å²) in [6, 6.07) is 4.92. The van der Waals surface area contributed by atoms with E-state index in [2.05, 4.69) is 10.5 Å². The molecule has 0 aromatic heterocycles. The van der Waals surface area contributed by atoms with Crippen LogP contribution in [0, 0.1) is 5.92 Å². The number of rotatable bonds is 6. The van der Waals surface area contributed by atoms with Crippen LogP contribution in [0.1, 0.15) is 5.56 Å². The Balaban J connectivity index is 2.52. The summed E-state index contributed by atoms with van der Waals surface area (Å²) in [7, 11) is 0. The van der Waals surface area contributed by atoms with Crippen molar-refractivity contribution >= 4 is 29.0 Å². The summed E-state index contributed by atoms with van der Waals surface area (Å²) in [6.45, 7) is -0.225. The number of alkyl halides is 3. The Hall–Kier alpha value is -1.18. The van der Waals surface area contributed by atoms with Gasteiger partial charge in [0.1, 0.15) is 5.92 Å². The van der Waals surface area contributed by atoms with Gasteiger partial charge in [-0.05, 0) is 30.7 Å². The molecule has 1 atom stereocenters. The highest BCUT2D eigenvalue weighted by molar-refractivity contribution is 6.35. The van der Waals surface area contributed by atoms with Gasteiger partial charge in [-0.3, -0.25) is 0 Å². The van der Waals surface area contributed by atoms with Crippen LogP contribution in [-0.2, 0) is 6.42 Å². The molecule has 0 fully saturated rings. The van der Waals surface area contributed by atoms with Crippen LogP contribution in [0.15, 0.2) is 23.4 Å². The minimum atomic E-state index is -4.58. The van der Waals surface area contributed by atoms with E-state index in [-0.39, 0.29) is 6.54 Å². The molecule has 0 bridgehead atoms. The Morgan fingerprint density at radius 1 is 1.38 bits per heavy atom. The Labute approximate surface area is 129 Å². The standard InChI is InChI=1S/C12H14Cl2F3N3O/c13-8-2-1-7(10(14)5-8)3-4-19-6-9(11(18)20-21)12(15,16)17/h1-2,5,9,19,21H,3-4,6H2,(H2,18,20). The maximum absolute atomic E-state index is 12.7. The van der Waals surface area contributed by atoms with Gasteiger partial charge < -0.3 is 16.3 Å². The topological polar surface area (TPSA) is 70.6 Å². The smallest absolute Gasteiger partial charge is 0.400 e. The number of hydrogen-bond acceptors (Lipinski definition) is 3. The summed E-state index contributed by atoms with van der Waals surface area (Å²) >= 11 is 11.7. The van der Waals surface area contributed by atoms with Gasteiger partial charge in [-0.15, -0.1) is 0 Å². The number of nitrogens with one attached hydrogen (secondary N) is 1. The Morgan fingerprint density at radius 3 is 2.57 bits per heavy atom. The Morgan fingerprint density at radius 2 is 2.05 bits per heavy atom. The maximum Gasteiger partial charge on any atom is 0.400 e. The lowest BCUT2D eigenvalue weighted by atomic mass is 10.1. The average Bonchev–Trinajstić information content (AvgIpc) is 2.38. The molecule has 9 heteroatoms. The van der Waals surface area contributed by atoms with Crippen molar-refractivity contribution in [1.29, 1.82) is 0 Å². The highest BCUT2D eigenvalue weighted by atomic mass is 35.5. The molecule has 1 aromatic rings. The lowest BCUT2D eigenvalue weighted by Crippen LogP contribution is -2.43. The quantitative estimate of drug-likeness (QED) is 0.244. The largest absolute Gasteiger partial charge is 0.409 e. The molecule has 0 saturated heterocycles. The van der Waals surface area contributed by atoms with Crippen molar-refractivity contribution in [1.82, 2.24) is 5.32 Å². The highest BCUT2D eigenvalue weighted by Crippen LogP contribution is 2.26. The van der Waals surface area contributed by atoms with Crippen LogP contribution < -0.4 is 11.1 Å². The fourth-order valence-corrected chi connectivity index (χ4v) is 2.15. The third-order valence-electron chi connectivity index (χ3n) is 2.80. The molecule has 0 spiro atoms. The summed E-state index contributed by atoms with van der Waals surface area (Å²) in [4.78, 5) is 0. The number of nitrogens with zero attached hydrogens (tertiary/aromatic N) is 1. The van der Waals surface area contributed by atoms with Crippen molar-refractivity contribution in [2.75, 3.05) is 13.1 Å². The number of nitrogens with two attached hydrogens (primary N) is 1. The third-order valence-corrected chi connectivity index (χ3v) is 3.39. The van der Waals surface area contributed by atoms with Gasteiger partial charge in [-0.2, -0.15) is 13.2 Å². The number of halogens is 5. The minimum absolute atomic E-state index is 0.257. The van der Waals surface area contributed by atoms with Gasteiger partial charge in [0, 0.05) is 16.6 Å². The third kappa shape index (κ3) is 5.61. The molecule has 0 saturated carbocycles. The van der Waals surface area contributed by atoms with Crippen molar-refractivity contribution in [3.63, 3.8) is 0 Å². The van der Waals surface area contributed by atoms with Crippen molar-refractivity contribution in [2.24, 2.45) is 16.8 Å². The molecular formula is C12H14Cl2F3N3O. The van der Waals surface area contributed by atoms with Crippen LogP contribution in [0.4, 0.5) is 13.2 Å². The van der Waals surface area contributed by atoms with Crippen LogP contribution in [0.2, 0.25) is 10.0 Å². The monoisotopic (exact) mass is 343 g/mol. The van der Waals surface area contributed by atoms with Gasteiger partial charge in [-0.25, -0.2) is 0 Å². The zero-order valence-corrected chi connectivity index (χ0v) is 12.3. The molecule has 4 nitrogen and oxygen atoms in total. The van der Waals surface area contributed by atoms with E-state index in [4.69, 9.17) is 34.1 Å². The van der Waals surface area contributed by atoms with Crippen LogP contribution in [0.3, 0.4) is 0 Å². The van der Waals surface area contributed by atoms with Gasteiger partial charge in [-0.1, -0.05) is 34.4 Å². The van der Waals surface area contributed by atoms with Crippen molar-refractivity contribution < 1.29 is 18.4 Å². The van der Waals surface area contributed by atoms with E-state index >= 15 is 0 Å². The van der Waals surface area contributed by atoms with Gasteiger partial charge in [0.15, 0.2) is 5.84 Å².